The van der Waals surface area contributed by atoms with Crippen LogP contribution in [0.3, 0.4) is 0 Å². The molecule has 0 bridgehead atoms. The lowest BCUT2D eigenvalue weighted by Crippen LogP contribution is -2.30. The summed E-state index contributed by atoms with van der Waals surface area (Å²) in [7, 11) is 4.20. The van der Waals surface area contributed by atoms with Crippen LogP contribution < -0.4 is 0 Å². The van der Waals surface area contributed by atoms with E-state index in [2.05, 4.69) is 4.98 Å². The van der Waals surface area contributed by atoms with Crippen molar-refractivity contribution in [3.05, 3.63) is 59.6 Å². The number of Topliss-reactive ketones (excluding diaryl/α,β-unsaturated/α-hetero) is 1. The van der Waals surface area contributed by atoms with Crippen molar-refractivity contribution in [1.82, 2.24) is 9.88 Å². The van der Waals surface area contributed by atoms with Crippen LogP contribution in [0.25, 0.3) is 10.9 Å². The number of nitrogens with zero attached hydrogens (tertiary/aromatic N) is 1. The molecule has 27 heavy (non-hydrogen) atoms. The van der Waals surface area contributed by atoms with Gasteiger partial charge in [0.25, 0.3) is 0 Å². The number of benzene rings is 1. The highest BCUT2D eigenvalue weighted by Crippen LogP contribution is 2.32. The maximum Gasteiger partial charge on any atom is 0.335 e. The van der Waals surface area contributed by atoms with Gasteiger partial charge in [0, 0.05) is 42.7 Å². The van der Waals surface area contributed by atoms with Gasteiger partial charge in [-0.15, -0.1) is 0 Å². The summed E-state index contributed by atoms with van der Waals surface area (Å²) in [5.74, 6) is -2.15. The number of methoxy groups -OCH3 is 2. The first-order valence-electron chi connectivity index (χ1n) is 8.37. The number of carbonyl (C=O) groups is 3. The Labute approximate surface area is 156 Å². The Hall–Kier alpha value is -3.35. The highest BCUT2D eigenvalue weighted by atomic mass is 16.5. The van der Waals surface area contributed by atoms with Gasteiger partial charge < -0.3 is 19.4 Å². The number of ketones is 1. The molecular weight excluding hydrogens is 348 g/mol. The second kappa shape index (κ2) is 7.49. The van der Waals surface area contributed by atoms with Crippen molar-refractivity contribution in [2.75, 3.05) is 21.3 Å². The first-order chi connectivity index (χ1) is 12.9. The molecule has 0 saturated heterocycles. The summed E-state index contributed by atoms with van der Waals surface area (Å²) in [6, 6.07) is 9.30. The van der Waals surface area contributed by atoms with Gasteiger partial charge in [-0.2, -0.15) is 0 Å². The van der Waals surface area contributed by atoms with Crippen LogP contribution in [0.15, 0.2) is 53.9 Å². The van der Waals surface area contributed by atoms with E-state index < -0.39 is 17.9 Å². The number of fused-ring (bicyclic) bond motifs is 1. The number of H-pyrrole nitrogens is 1. The topological polar surface area (TPSA) is 88.7 Å². The van der Waals surface area contributed by atoms with Crippen LogP contribution in [0, 0.1) is 5.92 Å². The number of aromatic nitrogens is 1. The van der Waals surface area contributed by atoms with Gasteiger partial charge in [-0.3, -0.25) is 4.79 Å². The number of esters is 2. The second-order valence-electron chi connectivity index (χ2n) is 6.27. The third-order valence-corrected chi connectivity index (χ3v) is 4.50. The van der Waals surface area contributed by atoms with E-state index in [0.29, 0.717) is 5.69 Å². The first-order valence-corrected chi connectivity index (χ1v) is 8.37. The Morgan fingerprint density at radius 3 is 2.19 bits per heavy atom. The van der Waals surface area contributed by atoms with E-state index in [4.69, 9.17) is 9.47 Å². The fourth-order valence-electron chi connectivity index (χ4n) is 3.19. The molecule has 0 spiro atoms. The van der Waals surface area contributed by atoms with E-state index in [9.17, 15) is 14.4 Å². The van der Waals surface area contributed by atoms with Crippen LogP contribution in [-0.4, -0.2) is 48.9 Å². The number of aromatic amines is 1. The Morgan fingerprint density at radius 1 is 1.04 bits per heavy atom. The predicted molar refractivity (Wildman–Crippen MR) is 98.7 cm³/mol. The molecule has 2 heterocycles. The smallest absolute Gasteiger partial charge is 0.335 e. The number of hydrogen-bond donors (Lipinski definition) is 1. The summed E-state index contributed by atoms with van der Waals surface area (Å²) >= 11 is 0. The molecule has 0 aliphatic carbocycles. The molecule has 1 N–H and O–H groups in total. The minimum Gasteiger partial charge on any atom is -0.466 e. The maximum absolute atomic E-state index is 12.9. The molecular formula is C20H20N2O5. The van der Waals surface area contributed by atoms with Crippen LogP contribution in [0.1, 0.15) is 16.9 Å². The van der Waals surface area contributed by atoms with E-state index in [1.54, 1.807) is 30.4 Å². The highest BCUT2D eigenvalue weighted by Gasteiger charge is 2.35. The molecule has 0 radical (unpaired) electrons. The molecule has 2 aromatic rings. The number of hydrogen-bond acceptors (Lipinski definition) is 6. The molecule has 1 aromatic heterocycles. The number of carbonyl (C=O) groups excluding carboxylic acids is 3. The lowest BCUT2D eigenvalue weighted by Gasteiger charge is -2.27. The molecule has 1 aliphatic heterocycles. The summed E-state index contributed by atoms with van der Waals surface area (Å²) < 4.78 is 9.67. The first kappa shape index (κ1) is 18.4. The molecule has 0 amide bonds. The zero-order valence-electron chi connectivity index (χ0n) is 15.3. The minimum atomic E-state index is -0.750. The van der Waals surface area contributed by atoms with Crippen LogP contribution in [-0.2, 0) is 19.1 Å². The summed E-state index contributed by atoms with van der Waals surface area (Å²) in [5.41, 5.74) is 1.72. The van der Waals surface area contributed by atoms with E-state index in [1.807, 2.05) is 24.3 Å². The quantitative estimate of drug-likeness (QED) is 0.644. The van der Waals surface area contributed by atoms with Crippen molar-refractivity contribution in [2.24, 2.45) is 5.92 Å². The van der Waals surface area contributed by atoms with Gasteiger partial charge >= 0.3 is 11.9 Å². The SMILES string of the molecule is COC(=O)C1=CN(C)C=C(C(=O)OC)C1CC(=O)c1cc2ccccc2[nH]1. The largest absolute Gasteiger partial charge is 0.466 e. The van der Waals surface area contributed by atoms with Crippen LogP contribution in [0.4, 0.5) is 0 Å². The third kappa shape index (κ3) is 3.62. The molecule has 0 fully saturated rings. The van der Waals surface area contributed by atoms with Crippen LogP contribution >= 0.6 is 0 Å². The molecule has 0 saturated carbocycles. The molecule has 0 unspecified atom stereocenters. The summed E-state index contributed by atoms with van der Waals surface area (Å²) in [6.45, 7) is 0. The normalized spacial score (nSPS) is 14.6. The fraction of sp³-hybridized carbons (Fsp3) is 0.250. The zero-order chi connectivity index (χ0) is 19.6. The average molecular weight is 368 g/mol. The molecule has 0 atom stereocenters. The third-order valence-electron chi connectivity index (χ3n) is 4.50. The molecule has 140 valence electrons. The predicted octanol–water partition coefficient (Wildman–Crippen LogP) is 2.42. The van der Waals surface area contributed by atoms with Gasteiger partial charge in [0.05, 0.1) is 31.1 Å². The second-order valence-corrected chi connectivity index (χ2v) is 6.27. The summed E-state index contributed by atoms with van der Waals surface area (Å²) in [6.07, 6.45) is 3.05. The lowest BCUT2D eigenvalue weighted by atomic mass is 9.84. The van der Waals surface area contributed by atoms with E-state index >= 15 is 0 Å². The number of rotatable bonds is 5. The fourth-order valence-corrected chi connectivity index (χ4v) is 3.19. The minimum absolute atomic E-state index is 0.0669. The van der Waals surface area contributed by atoms with Crippen molar-refractivity contribution < 1.29 is 23.9 Å². The maximum atomic E-state index is 12.9. The van der Waals surface area contributed by atoms with Crippen LogP contribution in [0.5, 0.6) is 0 Å². The monoisotopic (exact) mass is 368 g/mol. The van der Waals surface area contributed by atoms with Crippen molar-refractivity contribution >= 4 is 28.6 Å². The van der Waals surface area contributed by atoms with E-state index in [-0.39, 0.29) is 23.4 Å². The molecule has 7 nitrogen and oxygen atoms in total. The Morgan fingerprint density at radius 2 is 1.63 bits per heavy atom. The standard InChI is InChI=1S/C20H20N2O5/c1-22-10-14(19(24)26-2)13(15(11-22)20(25)27-3)9-18(23)17-8-12-6-4-5-7-16(12)21-17/h4-8,10-11,13,21H,9H2,1-3H3. The van der Waals surface area contributed by atoms with E-state index in [0.717, 1.165) is 10.9 Å². The number of nitrogens with one attached hydrogen (secondary N) is 1. The molecule has 1 aliphatic rings. The van der Waals surface area contributed by atoms with Crippen molar-refractivity contribution in [3.8, 4) is 0 Å². The Bertz CT molecular complexity index is 903. The number of ether oxygens (including phenoxy) is 2. The lowest BCUT2D eigenvalue weighted by molar-refractivity contribution is -0.137. The zero-order valence-corrected chi connectivity index (χ0v) is 15.3. The Kier molecular flexibility index (Phi) is 5.12. The van der Waals surface area contributed by atoms with Gasteiger partial charge in [0.1, 0.15) is 0 Å². The molecule has 7 heteroatoms. The highest BCUT2D eigenvalue weighted by molar-refractivity contribution is 6.03. The Balaban J connectivity index is 1.94. The number of para-hydroxylation sites is 1. The van der Waals surface area contributed by atoms with E-state index in [1.165, 1.54) is 14.2 Å². The van der Waals surface area contributed by atoms with Crippen LogP contribution in [0.2, 0.25) is 0 Å². The average Bonchev–Trinajstić information content (AvgIpc) is 3.12. The van der Waals surface area contributed by atoms with Gasteiger partial charge in [0.15, 0.2) is 5.78 Å². The van der Waals surface area contributed by atoms with Gasteiger partial charge in [-0.1, -0.05) is 18.2 Å². The van der Waals surface area contributed by atoms with Gasteiger partial charge in [-0.05, 0) is 12.1 Å². The van der Waals surface area contributed by atoms with Crippen molar-refractivity contribution in [1.29, 1.82) is 0 Å². The van der Waals surface area contributed by atoms with Crippen molar-refractivity contribution in [2.45, 2.75) is 6.42 Å². The van der Waals surface area contributed by atoms with Gasteiger partial charge in [-0.25, -0.2) is 9.59 Å². The summed E-state index contributed by atoms with van der Waals surface area (Å²) in [4.78, 5) is 42.0. The summed E-state index contributed by atoms with van der Waals surface area (Å²) in [5, 5.41) is 0.914. The molecule has 3 rings (SSSR count). The van der Waals surface area contributed by atoms with Crippen molar-refractivity contribution in [3.63, 3.8) is 0 Å². The molecule has 1 aromatic carbocycles. The van der Waals surface area contributed by atoms with Gasteiger partial charge in [0.2, 0.25) is 0 Å².